The Balaban J connectivity index is 1.71. The van der Waals surface area contributed by atoms with Crippen molar-refractivity contribution in [1.29, 1.82) is 0 Å². The zero-order chi connectivity index (χ0) is 31.4. The van der Waals surface area contributed by atoms with Crippen LogP contribution in [0.5, 0.6) is 11.5 Å². The Morgan fingerprint density at radius 1 is 0.581 bits per heavy atom. The summed E-state index contributed by atoms with van der Waals surface area (Å²) in [6.07, 6.45) is 0. The summed E-state index contributed by atoms with van der Waals surface area (Å²) < 4.78 is 27.2. The van der Waals surface area contributed by atoms with Gasteiger partial charge in [0.05, 0.1) is 13.2 Å². The van der Waals surface area contributed by atoms with Gasteiger partial charge in [0, 0.05) is 22.3 Å². The fourth-order valence-electron chi connectivity index (χ4n) is 3.66. The number of carbonyl (C=O) groups excluding carboxylic acids is 3. The van der Waals surface area contributed by atoms with Crippen LogP contribution in [0.4, 0.5) is 0 Å². The Morgan fingerprint density at radius 3 is 1.58 bits per heavy atom. The molecule has 0 spiro atoms. The molecule has 0 heterocycles. The van der Waals surface area contributed by atoms with E-state index in [0.29, 0.717) is 28.2 Å². The number of ether oxygens (including phenoxy) is 5. The second-order valence-electron chi connectivity index (χ2n) is 9.83. The number of rotatable bonds is 15. The van der Waals surface area contributed by atoms with E-state index in [4.69, 9.17) is 23.7 Å². The van der Waals surface area contributed by atoms with E-state index in [1.54, 1.807) is 32.9 Å². The largest absolute Gasteiger partial charge is 0.490 e. The summed E-state index contributed by atoms with van der Waals surface area (Å²) in [5.41, 5.74) is 5.60. The molecule has 0 aromatic heterocycles. The smallest absolute Gasteiger partial charge is 0.338 e. The third kappa shape index (κ3) is 10.1. The lowest BCUT2D eigenvalue weighted by molar-refractivity contribution is -0.141. The van der Waals surface area contributed by atoms with Gasteiger partial charge in [-0.3, -0.25) is 0 Å². The zero-order valence-electron chi connectivity index (χ0n) is 24.8. The molecule has 0 bridgehead atoms. The van der Waals surface area contributed by atoms with Crippen molar-refractivity contribution in [2.75, 3.05) is 26.4 Å². The lowest BCUT2D eigenvalue weighted by Crippen LogP contribution is -2.13. The monoisotopic (exact) mass is 584 g/mol. The normalized spacial score (nSPS) is 10.4. The van der Waals surface area contributed by atoms with Gasteiger partial charge >= 0.3 is 17.9 Å². The first kappa shape index (κ1) is 32.6. The molecule has 8 heteroatoms. The minimum Gasteiger partial charge on any atom is -0.490 e. The fraction of sp³-hybridized carbons (Fsp3) is 0.229. The van der Waals surface area contributed by atoms with Gasteiger partial charge in [-0.05, 0) is 61.2 Å². The standard InChI is InChI=1S/C35H36O8/c1-23(2)33(36)41-18-17-39-22-30-12-11-29(21-32(30)40-19-20-42-34(37)24(3)4)28-9-7-26(8-10-28)27-13-15-31(16-14-27)43-35(38)25(5)6/h7-16,21H,1,3,5,17-20,22H2,2,4,6H3. The molecule has 0 radical (unpaired) electrons. The Labute approximate surface area is 252 Å². The van der Waals surface area contributed by atoms with E-state index in [1.807, 2.05) is 54.6 Å². The lowest BCUT2D eigenvalue weighted by Gasteiger charge is -2.15. The van der Waals surface area contributed by atoms with Crippen molar-refractivity contribution < 1.29 is 38.1 Å². The topological polar surface area (TPSA) is 97.4 Å². The summed E-state index contributed by atoms with van der Waals surface area (Å²) in [6.45, 7) is 16.2. The molecule has 0 aliphatic heterocycles. The quantitative estimate of drug-likeness (QED) is 0.0849. The van der Waals surface area contributed by atoms with Gasteiger partial charge in [-0.2, -0.15) is 0 Å². The van der Waals surface area contributed by atoms with E-state index in [2.05, 4.69) is 19.7 Å². The van der Waals surface area contributed by atoms with Gasteiger partial charge in [0.25, 0.3) is 0 Å². The van der Waals surface area contributed by atoms with Crippen molar-refractivity contribution in [3.8, 4) is 33.8 Å². The molecule has 8 nitrogen and oxygen atoms in total. The van der Waals surface area contributed by atoms with Gasteiger partial charge in [0.1, 0.15) is 31.3 Å². The first-order valence-corrected chi connectivity index (χ1v) is 13.6. The van der Waals surface area contributed by atoms with Crippen LogP contribution in [-0.2, 0) is 35.2 Å². The predicted molar refractivity (Wildman–Crippen MR) is 164 cm³/mol. The van der Waals surface area contributed by atoms with Crippen LogP contribution in [0.15, 0.2) is 103 Å². The third-order valence-corrected chi connectivity index (χ3v) is 6.02. The molecule has 0 aliphatic carbocycles. The Kier molecular flexibility index (Phi) is 12.0. The van der Waals surface area contributed by atoms with Crippen LogP contribution in [0.3, 0.4) is 0 Å². The van der Waals surface area contributed by atoms with Crippen LogP contribution >= 0.6 is 0 Å². The van der Waals surface area contributed by atoms with E-state index in [9.17, 15) is 14.4 Å². The molecule has 3 aromatic rings. The summed E-state index contributed by atoms with van der Waals surface area (Å²) in [7, 11) is 0. The first-order valence-electron chi connectivity index (χ1n) is 13.6. The second kappa shape index (κ2) is 15.9. The van der Waals surface area contributed by atoms with Gasteiger partial charge in [-0.25, -0.2) is 14.4 Å². The maximum absolute atomic E-state index is 11.8. The summed E-state index contributed by atoms with van der Waals surface area (Å²) in [4.78, 5) is 35.0. The zero-order valence-corrected chi connectivity index (χ0v) is 24.8. The number of hydrogen-bond donors (Lipinski definition) is 0. The van der Waals surface area contributed by atoms with E-state index in [-0.39, 0.29) is 33.0 Å². The fourth-order valence-corrected chi connectivity index (χ4v) is 3.66. The molecule has 224 valence electrons. The molecule has 43 heavy (non-hydrogen) atoms. The summed E-state index contributed by atoms with van der Waals surface area (Å²) in [5, 5.41) is 0. The average molecular weight is 585 g/mol. The highest BCUT2D eigenvalue weighted by Gasteiger charge is 2.11. The SMILES string of the molecule is C=C(C)C(=O)OCCOCc1ccc(-c2ccc(-c3ccc(OC(=O)C(=C)C)cc3)cc2)cc1OCCOC(=O)C(=C)C. The highest BCUT2D eigenvalue weighted by molar-refractivity contribution is 5.89. The van der Waals surface area contributed by atoms with E-state index >= 15 is 0 Å². The Bertz CT molecular complexity index is 1480. The minimum atomic E-state index is -0.479. The number of hydrogen-bond acceptors (Lipinski definition) is 8. The molecule has 0 N–H and O–H groups in total. The van der Waals surface area contributed by atoms with Crippen LogP contribution in [0.25, 0.3) is 22.3 Å². The van der Waals surface area contributed by atoms with Gasteiger partial charge in [0.2, 0.25) is 0 Å². The molecule has 3 aromatic carbocycles. The van der Waals surface area contributed by atoms with E-state index < -0.39 is 17.9 Å². The van der Waals surface area contributed by atoms with Crippen molar-refractivity contribution in [2.24, 2.45) is 0 Å². The molecule has 3 rings (SSSR count). The van der Waals surface area contributed by atoms with Crippen molar-refractivity contribution in [3.05, 3.63) is 109 Å². The molecule has 0 aliphatic rings. The average Bonchev–Trinajstić information content (AvgIpc) is 2.99. The highest BCUT2D eigenvalue weighted by Crippen LogP contribution is 2.30. The van der Waals surface area contributed by atoms with Crippen LogP contribution < -0.4 is 9.47 Å². The Morgan fingerprint density at radius 2 is 1.05 bits per heavy atom. The molecule has 0 unspecified atom stereocenters. The van der Waals surface area contributed by atoms with Crippen molar-refractivity contribution in [2.45, 2.75) is 27.4 Å². The molecule has 0 saturated carbocycles. The first-order chi connectivity index (χ1) is 20.5. The number of carbonyl (C=O) groups is 3. The lowest BCUT2D eigenvalue weighted by atomic mass is 9.99. The minimum absolute atomic E-state index is 0.0625. The van der Waals surface area contributed by atoms with Crippen LogP contribution in [0, 0.1) is 0 Å². The van der Waals surface area contributed by atoms with Gasteiger partial charge in [-0.15, -0.1) is 0 Å². The van der Waals surface area contributed by atoms with Crippen molar-refractivity contribution in [3.63, 3.8) is 0 Å². The summed E-state index contributed by atoms with van der Waals surface area (Å²) in [6, 6.07) is 21.1. The number of benzene rings is 3. The van der Waals surface area contributed by atoms with Crippen LogP contribution in [0.1, 0.15) is 26.3 Å². The van der Waals surface area contributed by atoms with Gasteiger partial charge < -0.3 is 23.7 Å². The Hall–Kier alpha value is -4.95. The third-order valence-electron chi connectivity index (χ3n) is 6.02. The molecule has 0 fully saturated rings. The van der Waals surface area contributed by atoms with Crippen molar-refractivity contribution >= 4 is 17.9 Å². The molecular weight excluding hydrogens is 548 g/mol. The van der Waals surface area contributed by atoms with Gasteiger partial charge in [0.15, 0.2) is 0 Å². The molecular formula is C35H36O8. The maximum Gasteiger partial charge on any atom is 0.338 e. The van der Waals surface area contributed by atoms with Crippen LogP contribution in [-0.4, -0.2) is 44.3 Å². The predicted octanol–water partition coefficient (Wildman–Crippen LogP) is 6.64. The van der Waals surface area contributed by atoms with E-state index in [1.165, 1.54) is 0 Å². The van der Waals surface area contributed by atoms with Crippen molar-refractivity contribution in [1.82, 2.24) is 0 Å². The highest BCUT2D eigenvalue weighted by atomic mass is 16.6. The van der Waals surface area contributed by atoms with Gasteiger partial charge in [-0.1, -0.05) is 68.3 Å². The molecule has 0 saturated heterocycles. The molecule has 0 atom stereocenters. The number of esters is 3. The van der Waals surface area contributed by atoms with E-state index in [0.717, 1.165) is 27.8 Å². The maximum atomic E-state index is 11.8. The van der Waals surface area contributed by atoms with Crippen LogP contribution in [0.2, 0.25) is 0 Å². The molecule has 0 amide bonds. The summed E-state index contributed by atoms with van der Waals surface area (Å²) >= 11 is 0. The summed E-state index contributed by atoms with van der Waals surface area (Å²) in [5.74, 6) is -0.379. The second-order valence-corrected chi connectivity index (χ2v) is 9.83.